The Balaban J connectivity index is 1.37. The Kier molecular flexibility index (Phi) is 9.51. The number of hydrogen-bond acceptors (Lipinski definition) is 5. The van der Waals surface area contributed by atoms with Crippen molar-refractivity contribution in [2.75, 3.05) is 0 Å². The van der Waals surface area contributed by atoms with E-state index in [0.717, 1.165) is 20.1 Å². The summed E-state index contributed by atoms with van der Waals surface area (Å²) in [7, 11) is -5.66. The van der Waals surface area contributed by atoms with Crippen LogP contribution in [0.15, 0.2) is 112 Å². The lowest BCUT2D eigenvalue weighted by Crippen LogP contribution is -2.21. The van der Waals surface area contributed by atoms with E-state index in [2.05, 4.69) is 36.9 Å². The van der Waals surface area contributed by atoms with Crippen LogP contribution in [-0.2, 0) is 21.0 Å². The number of hydrogen-bond donors (Lipinski definition) is 1. The van der Waals surface area contributed by atoms with Gasteiger partial charge in [-0.2, -0.15) is 4.40 Å². The van der Waals surface area contributed by atoms with Crippen molar-refractivity contribution >= 4 is 59.6 Å². The number of H-pyrrole nitrogens is 1. The van der Waals surface area contributed by atoms with E-state index in [4.69, 9.17) is 4.74 Å². The molecule has 256 valence electrons. The third-order valence-corrected chi connectivity index (χ3v) is 11.3. The van der Waals surface area contributed by atoms with Crippen molar-refractivity contribution in [1.29, 1.82) is 0 Å². The number of fused-ring (bicyclic) bond motifs is 1. The molecule has 1 atom stereocenters. The van der Waals surface area contributed by atoms with Crippen molar-refractivity contribution in [2.45, 2.75) is 37.3 Å². The predicted octanol–water partition coefficient (Wildman–Crippen LogP) is 9.35. The van der Waals surface area contributed by atoms with Gasteiger partial charge in [0.1, 0.15) is 34.1 Å². The molecule has 2 heterocycles. The maximum atomic E-state index is 15.8. The highest BCUT2D eigenvalue weighted by Crippen LogP contribution is 2.38. The lowest BCUT2D eigenvalue weighted by molar-refractivity contribution is 0.441. The number of aromatic amines is 1. The van der Waals surface area contributed by atoms with Crippen molar-refractivity contribution in [3.63, 3.8) is 0 Å². The summed E-state index contributed by atoms with van der Waals surface area (Å²) in [5, 5.41) is 0.386. The average Bonchev–Trinajstić information content (AvgIpc) is 3.72. The van der Waals surface area contributed by atoms with Crippen LogP contribution in [0.5, 0.6) is 11.5 Å². The molecule has 0 unspecified atom stereocenters. The Hall–Kier alpha value is -4.72. The monoisotopic (exact) mass is 776 g/mol. The van der Waals surface area contributed by atoms with Crippen molar-refractivity contribution < 1.29 is 26.1 Å². The van der Waals surface area contributed by atoms with E-state index >= 15 is 8.78 Å². The van der Waals surface area contributed by atoms with Crippen LogP contribution in [0, 0.1) is 18.6 Å². The first-order valence-electron chi connectivity index (χ1n) is 15.3. The molecule has 0 radical (unpaired) electrons. The molecule has 0 bridgehead atoms. The zero-order valence-electron chi connectivity index (χ0n) is 27.4. The van der Waals surface area contributed by atoms with Gasteiger partial charge in [0.05, 0.1) is 32.6 Å². The number of imidazole rings is 1. The first-order chi connectivity index (χ1) is 23.7. The Morgan fingerprint density at radius 3 is 2.46 bits per heavy atom. The molecule has 8 nitrogen and oxygen atoms in total. The van der Waals surface area contributed by atoms with Gasteiger partial charge in [0.25, 0.3) is 10.0 Å². The highest BCUT2D eigenvalue weighted by molar-refractivity contribution is 9.10. The molecule has 0 aliphatic carbocycles. The van der Waals surface area contributed by atoms with E-state index < -0.39 is 37.4 Å². The highest BCUT2D eigenvalue weighted by Gasteiger charge is 2.25. The quantitative estimate of drug-likeness (QED) is 0.147. The Bertz CT molecular complexity index is 2450. The minimum Gasteiger partial charge on any atom is -0.454 e. The van der Waals surface area contributed by atoms with Crippen LogP contribution >= 0.6 is 15.9 Å². The normalized spacial score (nSPS) is 13.1. The third kappa shape index (κ3) is 6.85. The number of nitrogens with one attached hydrogen (secondary N) is 1. The molecule has 0 saturated heterocycles. The predicted molar refractivity (Wildman–Crippen MR) is 197 cm³/mol. The topological polar surface area (TPSA) is 106 Å². The van der Waals surface area contributed by atoms with E-state index in [1.807, 2.05) is 52.0 Å². The van der Waals surface area contributed by atoms with Gasteiger partial charge in [0.15, 0.2) is 11.6 Å². The second-order valence-electron chi connectivity index (χ2n) is 12.4. The second kappa shape index (κ2) is 13.5. The van der Waals surface area contributed by atoms with Crippen LogP contribution in [0.3, 0.4) is 0 Å². The maximum absolute atomic E-state index is 15.8. The minimum atomic E-state index is -4.04. The largest absolute Gasteiger partial charge is 0.454 e. The Labute approximate surface area is 299 Å². The molecule has 6 aromatic rings. The summed E-state index contributed by atoms with van der Waals surface area (Å²) in [6.07, 6.45) is 4.20. The average molecular weight is 778 g/mol. The SMILES string of the molecule is C=Cc1c(Oc2ccc(F)c(-c3ncc(/C(=N/[S@](=O)C(C)(C)C)c4cccc(Br)c4)[nH]3)c2)c(F)cc2c1ccn2S(=O)(=O)c1ccc(C)cc1. The molecular formula is C37H31BrF2N4O4S2. The van der Waals surface area contributed by atoms with Crippen molar-refractivity contribution in [1.82, 2.24) is 13.9 Å². The number of benzene rings is 4. The van der Waals surface area contributed by atoms with Gasteiger partial charge in [0.2, 0.25) is 0 Å². The number of ether oxygens (including phenoxy) is 1. The zero-order chi connectivity index (χ0) is 36.0. The first-order valence-corrected chi connectivity index (χ1v) is 18.6. The molecule has 0 aliphatic heterocycles. The van der Waals surface area contributed by atoms with Crippen molar-refractivity contribution in [2.24, 2.45) is 4.40 Å². The van der Waals surface area contributed by atoms with E-state index in [9.17, 15) is 12.6 Å². The fourth-order valence-corrected chi connectivity index (χ4v) is 7.51. The van der Waals surface area contributed by atoms with E-state index in [0.29, 0.717) is 22.4 Å². The van der Waals surface area contributed by atoms with Gasteiger partial charge < -0.3 is 9.72 Å². The second-order valence-corrected chi connectivity index (χ2v) is 17.0. The summed E-state index contributed by atoms with van der Waals surface area (Å²) >= 11 is 3.46. The third-order valence-electron chi connectivity index (χ3n) is 7.73. The fraction of sp³-hybridized carbons (Fsp3) is 0.135. The molecule has 0 amide bonds. The number of nitrogens with zero attached hydrogens (tertiary/aromatic N) is 3. The fourth-order valence-electron chi connectivity index (χ4n) is 5.13. The molecule has 50 heavy (non-hydrogen) atoms. The van der Waals surface area contributed by atoms with Gasteiger partial charge in [-0.1, -0.05) is 58.4 Å². The summed E-state index contributed by atoms with van der Waals surface area (Å²) < 4.78 is 82.8. The standard InChI is InChI=1S/C37H31BrF2N4O4S2/c1-6-27-28-16-17-44(50(46,47)26-13-10-22(2)11-14-26)33(28)20-31(40)35(27)48-25-12-15-30(39)29(19-25)36-41-21-32(42-36)34(43-49(45)37(3,4)5)23-8-7-9-24(38)18-23/h6-21H,1H2,2-5H3,(H,41,42)/b43-34+/t49-/m1/s1. The van der Waals surface area contributed by atoms with Crippen LogP contribution in [0.25, 0.3) is 28.4 Å². The van der Waals surface area contributed by atoms with E-state index in [1.165, 1.54) is 48.8 Å². The minimum absolute atomic E-state index is 0.0243. The lowest BCUT2D eigenvalue weighted by atomic mass is 10.1. The Morgan fingerprint density at radius 2 is 1.78 bits per heavy atom. The maximum Gasteiger partial charge on any atom is 0.268 e. The summed E-state index contributed by atoms with van der Waals surface area (Å²) in [4.78, 5) is 7.53. The summed E-state index contributed by atoms with van der Waals surface area (Å²) in [5.74, 6) is -1.48. The molecule has 0 aliphatic rings. The van der Waals surface area contributed by atoms with Crippen LogP contribution in [-0.4, -0.2) is 37.0 Å². The van der Waals surface area contributed by atoms with Crippen molar-refractivity contribution in [3.05, 3.63) is 136 Å². The molecule has 2 aromatic heterocycles. The van der Waals surface area contributed by atoms with Gasteiger partial charge in [-0.25, -0.2) is 30.4 Å². The smallest absolute Gasteiger partial charge is 0.268 e. The van der Waals surface area contributed by atoms with Crippen LogP contribution in [0.4, 0.5) is 8.78 Å². The van der Waals surface area contributed by atoms with Gasteiger partial charge in [-0.15, -0.1) is 0 Å². The van der Waals surface area contributed by atoms with E-state index in [1.54, 1.807) is 18.2 Å². The summed E-state index contributed by atoms with van der Waals surface area (Å²) in [5.41, 5.74) is 2.66. The van der Waals surface area contributed by atoms with E-state index in [-0.39, 0.29) is 38.9 Å². The van der Waals surface area contributed by atoms with Gasteiger partial charge >= 0.3 is 0 Å². The molecule has 13 heteroatoms. The molecule has 0 saturated carbocycles. The molecule has 4 aromatic carbocycles. The Morgan fingerprint density at radius 1 is 1.04 bits per heavy atom. The lowest BCUT2D eigenvalue weighted by Gasteiger charge is -2.15. The van der Waals surface area contributed by atoms with Crippen LogP contribution < -0.4 is 4.74 Å². The highest BCUT2D eigenvalue weighted by atomic mass is 79.9. The van der Waals surface area contributed by atoms with Crippen molar-refractivity contribution in [3.8, 4) is 22.9 Å². The molecule has 6 rings (SSSR count). The summed E-state index contributed by atoms with van der Waals surface area (Å²) in [6.45, 7) is 11.1. The van der Waals surface area contributed by atoms with Gasteiger partial charge in [-0.3, -0.25) is 0 Å². The number of rotatable bonds is 9. The number of aromatic nitrogens is 3. The van der Waals surface area contributed by atoms with Gasteiger partial charge in [-0.05, 0) is 76.2 Å². The number of halogens is 3. The van der Waals surface area contributed by atoms with Crippen LogP contribution in [0.1, 0.15) is 43.2 Å². The zero-order valence-corrected chi connectivity index (χ0v) is 30.6. The van der Waals surface area contributed by atoms with Gasteiger partial charge in [0, 0.05) is 33.2 Å². The number of aryl methyl sites for hydroxylation is 1. The molecular weight excluding hydrogens is 746 g/mol. The van der Waals surface area contributed by atoms with Crippen LogP contribution in [0.2, 0.25) is 0 Å². The summed E-state index contributed by atoms with van der Waals surface area (Å²) in [6, 6.07) is 20.2. The molecule has 0 fully saturated rings. The molecule has 0 spiro atoms. The first kappa shape index (κ1) is 35.1. The molecule has 1 N–H and O–H groups in total.